The molecule has 7 nitrogen and oxygen atoms in total. The Hall–Kier alpha value is -0.500. The molecule has 3 N–H and O–H groups in total. The Morgan fingerprint density at radius 3 is 2.57 bits per heavy atom. The number of nitrogens with zero attached hydrogens (tertiary/aromatic N) is 3. The van der Waals surface area contributed by atoms with Crippen LogP contribution in [0.15, 0.2) is 5.11 Å². The van der Waals surface area contributed by atoms with Gasteiger partial charge in [0.2, 0.25) is 0 Å². The second-order valence-electron chi connectivity index (χ2n) is 2.92. The van der Waals surface area contributed by atoms with Crippen molar-refractivity contribution in [2.24, 2.45) is 5.11 Å². The second-order valence-corrected chi connectivity index (χ2v) is 3.43. The fourth-order valence-electron chi connectivity index (χ4n) is 1.27. The molecule has 0 bridgehead atoms. The zero-order valence-electron chi connectivity index (χ0n) is 7.13. The molecule has 0 saturated carbocycles. The quantitative estimate of drug-likeness (QED) is 0.208. The molecule has 14 heavy (non-hydrogen) atoms. The van der Waals surface area contributed by atoms with E-state index in [0.29, 0.717) is 0 Å². The Balaban J connectivity index is 2.78. The summed E-state index contributed by atoms with van der Waals surface area (Å²) < 4.78 is 5.02. The summed E-state index contributed by atoms with van der Waals surface area (Å²) in [6.45, 7) is -0.432. The van der Waals surface area contributed by atoms with E-state index in [4.69, 9.17) is 15.4 Å². The lowest BCUT2D eigenvalue weighted by Gasteiger charge is -2.38. The Morgan fingerprint density at radius 1 is 1.43 bits per heavy atom. The number of thiol groups is 1. The third kappa shape index (κ3) is 2.11. The summed E-state index contributed by atoms with van der Waals surface area (Å²) in [7, 11) is 0. The minimum absolute atomic E-state index is 0.432. The molecule has 1 fully saturated rings. The van der Waals surface area contributed by atoms with Crippen LogP contribution in [-0.4, -0.2) is 51.7 Å². The Kier molecular flexibility index (Phi) is 3.99. The molecule has 1 heterocycles. The highest BCUT2D eigenvalue weighted by atomic mass is 32.1. The summed E-state index contributed by atoms with van der Waals surface area (Å²) in [5.41, 5.74) is 7.36. The molecule has 80 valence electrons. The number of hydrogen-bond donors (Lipinski definition) is 4. The standard InChI is InChI=1S/C6H11N3O4S/c7-9-8-3-5(12)4(11)2(1-10)13-6(3)14/h2-6,10-12,14H,1H2/t2?,3-,4+,5?,6-/m0/s1. The molecule has 2 unspecified atom stereocenters. The van der Waals surface area contributed by atoms with Crippen molar-refractivity contribution in [2.45, 2.75) is 29.8 Å². The summed E-state index contributed by atoms with van der Waals surface area (Å²) in [5, 5.41) is 30.9. The van der Waals surface area contributed by atoms with Crippen LogP contribution < -0.4 is 0 Å². The molecule has 0 aromatic rings. The summed E-state index contributed by atoms with van der Waals surface area (Å²) in [6, 6.07) is -0.957. The largest absolute Gasteiger partial charge is 0.394 e. The van der Waals surface area contributed by atoms with Crippen LogP contribution >= 0.6 is 12.6 Å². The SMILES string of the molecule is [N-]=[N+]=N[C@H]1C(O)[C@H](O)C(CO)O[C@H]1S. The van der Waals surface area contributed by atoms with Gasteiger partial charge in [-0.1, -0.05) is 5.11 Å². The topological polar surface area (TPSA) is 119 Å². The molecular weight excluding hydrogens is 210 g/mol. The van der Waals surface area contributed by atoms with Crippen LogP contribution in [0.2, 0.25) is 0 Å². The van der Waals surface area contributed by atoms with Crippen molar-refractivity contribution in [3.63, 3.8) is 0 Å². The second kappa shape index (κ2) is 4.83. The minimum Gasteiger partial charge on any atom is -0.394 e. The van der Waals surface area contributed by atoms with Crippen LogP contribution in [0.5, 0.6) is 0 Å². The van der Waals surface area contributed by atoms with E-state index in [0.717, 1.165) is 0 Å². The first-order valence-electron chi connectivity index (χ1n) is 3.96. The number of aliphatic hydroxyl groups is 3. The van der Waals surface area contributed by atoms with Gasteiger partial charge in [0.15, 0.2) is 0 Å². The van der Waals surface area contributed by atoms with E-state index < -0.39 is 36.4 Å². The van der Waals surface area contributed by atoms with Gasteiger partial charge in [0.05, 0.1) is 12.7 Å². The maximum Gasteiger partial charge on any atom is 0.112 e. The first-order chi connectivity index (χ1) is 6.61. The zero-order valence-corrected chi connectivity index (χ0v) is 8.03. The number of rotatable bonds is 2. The Labute approximate surface area is 85.3 Å². The highest BCUT2D eigenvalue weighted by Crippen LogP contribution is 2.25. The highest BCUT2D eigenvalue weighted by molar-refractivity contribution is 7.80. The van der Waals surface area contributed by atoms with Gasteiger partial charge in [-0.2, -0.15) is 0 Å². The monoisotopic (exact) mass is 221 g/mol. The zero-order chi connectivity index (χ0) is 10.7. The summed E-state index contributed by atoms with van der Waals surface area (Å²) in [6.07, 6.45) is -3.46. The van der Waals surface area contributed by atoms with E-state index in [-0.39, 0.29) is 0 Å². The van der Waals surface area contributed by atoms with Crippen LogP contribution in [0.4, 0.5) is 0 Å². The van der Waals surface area contributed by atoms with Gasteiger partial charge in [-0.05, 0) is 5.53 Å². The van der Waals surface area contributed by atoms with Gasteiger partial charge in [0.1, 0.15) is 23.7 Å². The lowest BCUT2D eigenvalue weighted by Crippen LogP contribution is -2.56. The lowest BCUT2D eigenvalue weighted by molar-refractivity contribution is -0.165. The van der Waals surface area contributed by atoms with E-state index in [1.807, 2.05) is 0 Å². The molecule has 0 aromatic carbocycles. The predicted octanol–water partition coefficient (Wildman–Crippen LogP) is -0.966. The molecule has 5 atom stereocenters. The van der Waals surface area contributed by atoms with Crippen molar-refractivity contribution in [3.05, 3.63) is 10.4 Å². The van der Waals surface area contributed by atoms with Crippen molar-refractivity contribution < 1.29 is 20.1 Å². The fourth-order valence-corrected chi connectivity index (χ4v) is 1.66. The molecule has 0 aliphatic carbocycles. The molecule has 0 radical (unpaired) electrons. The minimum atomic E-state index is -1.28. The number of ether oxygens (including phenoxy) is 1. The van der Waals surface area contributed by atoms with Gasteiger partial charge in [-0.3, -0.25) is 0 Å². The molecule has 8 heteroatoms. The number of hydrogen-bond acceptors (Lipinski definition) is 6. The van der Waals surface area contributed by atoms with E-state index in [9.17, 15) is 10.2 Å². The lowest BCUT2D eigenvalue weighted by atomic mass is 9.99. The van der Waals surface area contributed by atoms with Crippen LogP contribution in [0.1, 0.15) is 0 Å². The summed E-state index contributed by atoms with van der Waals surface area (Å²) in [5.74, 6) is 0. The first kappa shape index (κ1) is 11.6. The van der Waals surface area contributed by atoms with Crippen molar-refractivity contribution in [1.82, 2.24) is 0 Å². The summed E-state index contributed by atoms with van der Waals surface area (Å²) in [4.78, 5) is 2.51. The summed E-state index contributed by atoms with van der Waals surface area (Å²) >= 11 is 3.93. The van der Waals surface area contributed by atoms with Crippen molar-refractivity contribution in [2.75, 3.05) is 6.61 Å². The van der Waals surface area contributed by atoms with Gasteiger partial charge in [-0.25, -0.2) is 0 Å². The van der Waals surface area contributed by atoms with Gasteiger partial charge < -0.3 is 20.1 Å². The first-order valence-corrected chi connectivity index (χ1v) is 4.48. The van der Waals surface area contributed by atoms with E-state index in [2.05, 4.69) is 22.7 Å². The van der Waals surface area contributed by atoms with E-state index >= 15 is 0 Å². The average Bonchev–Trinajstić information content (AvgIpc) is 2.18. The van der Waals surface area contributed by atoms with Crippen LogP contribution in [-0.2, 0) is 4.74 Å². The van der Waals surface area contributed by atoms with Crippen molar-refractivity contribution >= 4 is 12.6 Å². The molecule has 0 amide bonds. The predicted molar refractivity (Wildman–Crippen MR) is 49.7 cm³/mol. The maximum atomic E-state index is 9.49. The third-order valence-electron chi connectivity index (χ3n) is 2.05. The average molecular weight is 221 g/mol. The number of aliphatic hydroxyl groups excluding tert-OH is 3. The normalized spacial score (nSPS) is 43.0. The third-order valence-corrected chi connectivity index (χ3v) is 2.48. The van der Waals surface area contributed by atoms with Crippen LogP contribution in [0, 0.1) is 0 Å². The molecule has 0 spiro atoms. The van der Waals surface area contributed by atoms with Crippen molar-refractivity contribution in [3.8, 4) is 0 Å². The molecule has 1 aliphatic heterocycles. The molecule has 1 saturated heterocycles. The molecule has 0 aromatic heterocycles. The van der Waals surface area contributed by atoms with E-state index in [1.165, 1.54) is 0 Å². The number of azide groups is 1. The molecular formula is C6H11N3O4S. The fraction of sp³-hybridized carbons (Fsp3) is 1.00. The maximum absolute atomic E-state index is 9.49. The highest BCUT2D eigenvalue weighted by Gasteiger charge is 2.42. The van der Waals surface area contributed by atoms with Crippen molar-refractivity contribution in [1.29, 1.82) is 0 Å². The Bertz CT molecular complexity index is 247. The molecule has 1 aliphatic rings. The van der Waals surface area contributed by atoms with Crippen LogP contribution in [0.25, 0.3) is 10.4 Å². The Morgan fingerprint density at radius 2 is 2.07 bits per heavy atom. The van der Waals surface area contributed by atoms with Gasteiger partial charge in [0, 0.05) is 4.91 Å². The van der Waals surface area contributed by atoms with Crippen LogP contribution in [0.3, 0.4) is 0 Å². The van der Waals surface area contributed by atoms with Gasteiger partial charge in [0.25, 0.3) is 0 Å². The van der Waals surface area contributed by atoms with Gasteiger partial charge in [-0.15, -0.1) is 12.6 Å². The molecule has 1 rings (SSSR count). The smallest absolute Gasteiger partial charge is 0.112 e. The van der Waals surface area contributed by atoms with Gasteiger partial charge >= 0.3 is 0 Å². The van der Waals surface area contributed by atoms with E-state index in [1.54, 1.807) is 0 Å².